The van der Waals surface area contributed by atoms with Gasteiger partial charge in [0.25, 0.3) is 0 Å². The Morgan fingerprint density at radius 1 is 1.35 bits per heavy atom. The van der Waals surface area contributed by atoms with E-state index in [1.54, 1.807) is 0 Å². The molecular formula is C14H25N3. The maximum Gasteiger partial charge on any atom is 0.127 e. The Hall–Kier alpha value is -0.990. The highest BCUT2D eigenvalue weighted by Crippen LogP contribution is 2.42. The standard InChI is InChI=1S/C14H25N3/c1-9(2)17-12(15)11(8-14(3,4)5)16-13(17)10-6-7-10/h9-10H,6-8,15H2,1-5H3. The van der Waals surface area contributed by atoms with E-state index in [4.69, 9.17) is 10.7 Å². The van der Waals surface area contributed by atoms with E-state index in [9.17, 15) is 0 Å². The Bertz CT molecular complexity index is 406. The van der Waals surface area contributed by atoms with Crippen molar-refractivity contribution < 1.29 is 0 Å². The van der Waals surface area contributed by atoms with E-state index >= 15 is 0 Å². The van der Waals surface area contributed by atoms with Crippen LogP contribution in [0.5, 0.6) is 0 Å². The Labute approximate surface area is 104 Å². The van der Waals surface area contributed by atoms with Crippen molar-refractivity contribution in [1.82, 2.24) is 9.55 Å². The van der Waals surface area contributed by atoms with Crippen LogP contribution in [0.3, 0.4) is 0 Å². The lowest BCUT2D eigenvalue weighted by molar-refractivity contribution is 0.407. The minimum Gasteiger partial charge on any atom is -0.384 e. The summed E-state index contributed by atoms with van der Waals surface area (Å²) in [5.74, 6) is 2.77. The topological polar surface area (TPSA) is 43.8 Å². The van der Waals surface area contributed by atoms with Gasteiger partial charge >= 0.3 is 0 Å². The molecule has 96 valence electrons. The summed E-state index contributed by atoms with van der Waals surface area (Å²) in [5.41, 5.74) is 7.61. The van der Waals surface area contributed by atoms with Gasteiger partial charge in [0, 0.05) is 12.0 Å². The van der Waals surface area contributed by atoms with Crippen LogP contribution in [0.25, 0.3) is 0 Å². The second-order valence-electron chi connectivity index (χ2n) is 6.78. The molecule has 2 N–H and O–H groups in total. The van der Waals surface area contributed by atoms with Crippen molar-refractivity contribution in [2.75, 3.05) is 5.73 Å². The van der Waals surface area contributed by atoms with Gasteiger partial charge in [0.2, 0.25) is 0 Å². The number of anilines is 1. The van der Waals surface area contributed by atoms with E-state index in [0.717, 1.165) is 17.9 Å². The maximum absolute atomic E-state index is 6.28. The average Bonchev–Trinajstić information content (AvgIpc) is 2.91. The van der Waals surface area contributed by atoms with Crippen LogP contribution in [-0.4, -0.2) is 9.55 Å². The quantitative estimate of drug-likeness (QED) is 0.871. The highest BCUT2D eigenvalue weighted by Gasteiger charge is 2.32. The van der Waals surface area contributed by atoms with E-state index in [2.05, 4.69) is 39.2 Å². The van der Waals surface area contributed by atoms with Gasteiger partial charge < -0.3 is 10.3 Å². The molecule has 0 unspecified atom stereocenters. The van der Waals surface area contributed by atoms with Crippen LogP contribution in [0.15, 0.2) is 0 Å². The largest absolute Gasteiger partial charge is 0.384 e. The van der Waals surface area contributed by atoms with Gasteiger partial charge in [-0.15, -0.1) is 0 Å². The predicted molar refractivity (Wildman–Crippen MR) is 72.2 cm³/mol. The lowest BCUT2D eigenvalue weighted by Crippen LogP contribution is -2.12. The molecule has 0 bridgehead atoms. The van der Waals surface area contributed by atoms with Gasteiger partial charge in [0.1, 0.15) is 11.6 Å². The summed E-state index contributed by atoms with van der Waals surface area (Å²) in [5, 5.41) is 0. The van der Waals surface area contributed by atoms with Gasteiger partial charge in [-0.3, -0.25) is 0 Å². The third-order valence-electron chi connectivity index (χ3n) is 3.21. The van der Waals surface area contributed by atoms with Crippen molar-refractivity contribution in [3.63, 3.8) is 0 Å². The van der Waals surface area contributed by atoms with Gasteiger partial charge in [-0.1, -0.05) is 20.8 Å². The molecule has 1 aliphatic carbocycles. The summed E-state index contributed by atoms with van der Waals surface area (Å²) in [6.45, 7) is 11.1. The SMILES string of the molecule is CC(C)n1c(C2CC2)nc(CC(C)(C)C)c1N. The molecule has 1 aromatic heterocycles. The lowest BCUT2D eigenvalue weighted by Gasteiger charge is -2.17. The van der Waals surface area contributed by atoms with E-state index < -0.39 is 0 Å². The van der Waals surface area contributed by atoms with Crippen molar-refractivity contribution >= 4 is 5.82 Å². The highest BCUT2D eigenvalue weighted by atomic mass is 15.2. The third kappa shape index (κ3) is 2.64. The monoisotopic (exact) mass is 235 g/mol. The molecule has 1 saturated carbocycles. The zero-order valence-electron chi connectivity index (χ0n) is 11.7. The number of hydrogen-bond donors (Lipinski definition) is 1. The minimum atomic E-state index is 0.241. The summed E-state index contributed by atoms with van der Waals surface area (Å²) in [6, 6.07) is 0.409. The first-order valence-electron chi connectivity index (χ1n) is 6.66. The van der Waals surface area contributed by atoms with Crippen LogP contribution < -0.4 is 5.73 Å². The number of hydrogen-bond acceptors (Lipinski definition) is 2. The molecular weight excluding hydrogens is 210 g/mol. The smallest absolute Gasteiger partial charge is 0.127 e. The van der Waals surface area contributed by atoms with E-state index in [1.165, 1.54) is 18.7 Å². The molecule has 1 aromatic rings. The van der Waals surface area contributed by atoms with Crippen molar-refractivity contribution in [3.05, 3.63) is 11.5 Å². The molecule has 0 aromatic carbocycles. The molecule has 17 heavy (non-hydrogen) atoms. The molecule has 0 atom stereocenters. The molecule has 0 amide bonds. The minimum absolute atomic E-state index is 0.241. The van der Waals surface area contributed by atoms with Gasteiger partial charge in [0.15, 0.2) is 0 Å². The summed E-state index contributed by atoms with van der Waals surface area (Å²) in [7, 11) is 0. The average molecular weight is 235 g/mol. The van der Waals surface area contributed by atoms with Crippen molar-refractivity contribution in [3.8, 4) is 0 Å². The van der Waals surface area contributed by atoms with Crippen molar-refractivity contribution in [1.29, 1.82) is 0 Å². The normalized spacial score (nSPS) is 16.8. The summed E-state index contributed by atoms with van der Waals surface area (Å²) >= 11 is 0. The molecule has 1 heterocycles. The van der Waals surface area contributed by atoms with Crippen LogP contribution in [0, 0.1) is 5.41 Å². The maximum atomic E-state index is 6.28. The van der Waals surface area contributed by atoms with Gasteiger partial charge in [-0.05, 0) is 38.5 Å². The fourth-order valence-electron chi connectivity index (χ4n) is 2.32. The predicted octanol–water partition coefficient (Wildman–Crippen LogP) is 3.51. The van der Waals surface area contributed by atoms with Gasteiger partial charge in [-0.2, -0.15) is 0 Å². The molecule has 1 fully saturated rings. The number of rotatable bonds is 3. The van der Waals surface area contributed by atoms with Crippen LogP contribution in [0.2, 0.25) is 0 Å². The second kappa shape index (κ2) is 4.04. The van der Waals surface area contributed by atoms with Crippen LogP contribution >= 0.6 is 0 Å². The van der Waals surface area contributed by atoms with Gasteiger partial charge in [-0.25, -0.2) is 4.98 Å². The first kappa shape index (κ1) is 12.5. The van der Waals surface area contributed by atoms with Crippen molar-refractivity contribution in [2.24, 2.45) is 5.41 Å². The molecule has 0 saturated heterocycles. The second-order valence-corrected chi connectivity index (χ2v) is 6.78. The molecule has 3 nitrogen and oxygen atoms in total. The summed E-state index contributed by atoms with van der Waals surface area (Å²) < 4.78 is 2.23. The Balaban J connectivity index is 2.37. The molecule has 3 heteroatoms. The van der Waals surface area contributed by atoms with Crippen LogP contribution in [0.1, 0.15) is 70.9 Å². The Morgan fingerprint density at radius 3 is 2.35 bits per heavy atom. The Kier molecular flexibility index (Phi) is 2.96. The number of aromatic nitrogens is 2. The molecule has 2 rings (SSSR count). The van der Waals surface area contributed by atoms with Crippen molar-refractivity contribution in [2.45, 2.75) is 65.8 Å². The Morgan fingerprint density at radius 2 is 1.94 bits per heavy atom. The summed E-state index contributed by atoms with van der Waals surface area (Å²) in [4.78, 5) is 4.82. The van der Waals surface area contributed by atoms with E-state index in [0.29, 0.717) is 12.0 Å². The van der Waals surface area contributed by atoms with Crippen LogP contribution in [0.4, 0.5) is 5.82 Å². The van der Waals surface area contributed by atoms with Crippen LogP contribution in [-0.2, 0) is 6.42 Å². The first-order chi connectivity index (χ1) is 7.79. The third-order valence-corrected chi connectivity index (χ3v) is 3.21. The number of nitrogen functional groups attached to an aromatic ring is 1. The fourth-order valence-corrected chi connectivity index (χ4v) is 2.32. The van der Waals surface area contributed by atoms with Gasteiger partial charge in [0.05, 0.1) is 5.69 Å². The fraction of sp³-hybridized carbons (Fsp3) is 0.786. The van der Waals surface area contributed by atoms with E-state index in [-0.39, 0.29) is 5.41 Å². The number of nitrogens with zero attached hydrogens (tertiary/aromatic N) is 2. The van der Waals surface area contributed by atoms with E-state index in [1.807, 2.05) is 0 Å². The lowest BCUT2D eigenvalue weighted by atomic mass is 9.90. The molecule has 0 aliphatic heterocycles. The molecule has 0 spiro atoms. The highest BCUT2D eigenvalue weighted by molar-refractivity contribution is 5.41. The first-order valence-corrected chi connectivity index (χ1v) is 6.66. The molecule has 0 radical (unpaired) electrons. The zero-order valence-corrected chi connectivity index (χ0v) is 11.7. The zero-order chi connectivity index (χ0) is 12.8. The number of imidazole rings is 1. The molecule has 1 aliphatic rings. The summed E-state index contributed by atoms with van der Waals surface area (Å²) in [6.07, 6.45) is 3.51. The number of nitrogens with two attached hydrogens (primary N) is 1.